The molecule has 0 atom stereocenters. The number of ether oxygens (including phenoxy) is 2. The van der Waals surface area contributed by atoms with E-state index in [0.717, 1.165) is 59.4 Å². The lowest BCUT2D eigenvalue weighted by molar-refractivity contribution is 0.400. The molecule has 0 radical (unpaired) electrons. The fourth-order valence-corrected chi connectivity index (χ4v) is 4.97. The van der Waals surface area contributed by atoms with E-state index in [1.807, 2.05) is 29.7 Å². The SMILES string of the molecule is C=CCN1C(c2cc(OC)ccc2OC)=CSC1=C(C#N)c1nnc2n1CCCCC2. The molecule has 0 spiro atoms. The molecular formula is C23H25N5O2S. The van der Waals surface area contributed by atoms with Gasteiger partial charge < -0.3 is 18.9 Å². The molecule has 8 heteroatoms. The molecule has 7 nitrogen and oxygen atoms in total. The summed E-state index contributed by atoms with van der Waals surface area (Å²) < 4.78 is 13.1. The molecule has 0 amide bonds. The number of aromatic nitrogens is 3. The van der Waals surface area contributed by atoms with Crippen molar-refractivity contribution in [2.45, 2.75) is 32.2 Å². The fourth-order valence-electron chi connectivity index (χ4n) is 3.94. The molecule has 0 saturated carbocycles. The summed E-state index contributed by atoms with van der Waals surface area (Å²) in [7, 11) is 3.29. The van der Waals surface area contributed by atoms with E-state index in [1.165, 1.54) is 18.2 Å². The number of hydrogen-bond acceptors (Lipinski definition) is 7. The van der Waals surface area contributed by atoms with Gasteiger partial charge in [0.15, 0.2) is 5.82 Å². The number of thioether (sulfide) groups is 1. The third kappa shape index (κ3) is 3.93. The van der Waals surface area contributed by atoms with E-state index in [4.69, 9.17) is 9.47 Å². The normalized spacial score (nSPS) is 17.3. The van der Waals surface area contributed by atoms with Crippen LogP contribution in [0.2, 0.25) is 0 Å². The van der Waals surface area contributed by atoms with Crippen LogP contribution in [0.5, 0.6) is 11.5 Å². The van der Waals surface area contributed by atoms with Gasteiger partial charge in [0.2, 0.25) is 0 Å². The fraction of sp³-hybridized carbons (Fsp3) is 0.348. The van der Waals surface area contributed by atoms with Crippen LogP contribution in [0.4, 0.5) is 0 Å². The Kier molecular flexibility index (Phi) is 6.33. The van der Waals surface area contributed by atoms with E-state index in [1.54, 1.807) is 14.2 Å². The zero-order valence-electron chi connectivity index (χ0n) is 17.8. The Bertz CT molecular complexity index is 1100. The number of aryl methyl sites for hydroxylation is 1. The molecule has 0 saturated heterocycles. The number of rotatable bonds is 6. The summed E-state index contributed by atoms with van der Waals surface area (Å²) >= 11 is 1.51. The molecule has 0 aliphatic carbocycles. The predicted octanol–water partition coefficient (Wildman–Crippen LogP) is 4.45. The predicted molar refractivity (Wildman–Crippen MR) is 122 cm³/mol. The second-order valence-electron chi connectivity index (χ2n) is 7.28. The van der Waals surface area contributed by atoms with Gasteiger partial charge in [-0.2, -0.15) is 5.26 Å². The summed E-state index contributed by atoms with van der Waals surface area (Å²) in [5, 5.41) is 21.8. The Labute approximate surface area is 186 Å². The second-order valence-corrected chi connectivity index (χ2v) is 8.14. The van der Waals surface area contributed by atoms with Crippen molar-refractivity contribution in [1.82, 2.24) is 19.7 Å². The first-order valence-corrected chi connectivity index (χ1v) is 11.1. The zero-order chi connectivity index (χ0) is 21.8. The van der Waals surface area contributed by atoms with Crippen LogP contribution in [0.1, 0.15) is 36.5 Å². The molecule has 0 unspecified atom stereocenters. The third-order valence-corrected chi connectivity index (χ3v) is 6.46. The Morgan fingerprint density at radius 1 is 1.26 bits per heavy atom. The zero-order valence-corrected chi connectivity index (χ0v) is 18.6. The van der Waals surface area contributed by atoms with Crippen molar-refractivity contribution in [3.05, 3.63) is 58.5 Å². The first-order valence-electron chi connectivity index (χ1n) is 10.3. The molecule has 3 heterocycles. The van der Waals surface area contributed by atoms with Crippen LogP contribution in [0.15, 0.2) is 41.3 Å². The van der Waals surface area contributed by atoms with Crippen LogP contribution in [0, 0.1) is 11.3 Å². The van der Waals surface area contributed by atoms with Crippen LogP contribution >= 0.6 is 11.8 Å². The Morgan fingerprint density at radius 2 is 2.13 bits per heavy atom. The molecule has 1 aromatic heterocycles. The summed E-state index contributed by atoms with van der Waals surface area (Å²) in [4.78, 5) is 2.08. The maximum absolute atomic E-state index is 10.1. The van der Waals surface area contributed by atoms with E-state index in [0.29, 0.717) is 17.9 Å². The van der Waals surface area contributed by atoms with Crippen molar-refractivity contribution >= 4 is 23.0 Å². The number of allylic oxidation sites excluding steroid dienone is 1. The van der Waals surface area contributed by atoms with Gasteiger partial charge in [-0.15, -0.1) is 16.8 Å². The third-order valence-electron chi connectivity index (χ3n) is 5.47. The average Bonchev–Trinajstić information content (AvgIpc) is 3.31. The van der Waals surface area contributed by atoms with Gasteiger partial charge in [-0.25, -0.2) is 0 Å². The molecule has 31 heavy (non-hydrogen) atoms. The van der Waals surface area contributed by atoms with Gasteiger partial charge in [-0.3, -0.25) is 0 Å². The van der Waals surface area contributed by atoms with Gasteiger partial charge in [-0.05, 0) is 31.0 Å². The number of hydrogen-bond donors (Lipinski definition) is 0. The molecule has 0 bridgehead atoms. The molecule has 2 aliphatic rings. The van der Waals surface area contributed by atoms with E-state index in [-0.39, 0.29) is 0 Å². The highest BCUT2D eigenvalue weighted by Crippen LogP contribution is 2.45. The molecule has 0 fully saturated rings. The minimum Gasteiger partial charge on any atom is -0.497 e. The molecule has 2 aromatic rings. The van der Waals surface area contributed by atoms with Crippen molar-refractivity contribution in [2.24, 2.45) is 0 Å². The highest BCUT2D eigenvalue weighted by Gasteiger charge is 2.30. The number of benzene rings is 1. The molecule has 4 rings (SSSR count). The molecule has 160 valence electrons. The van der Waals surface area contributed by atoms with Crippen LogP contribution in [-0.4, -0.2) is 40.4 Å². The Balaban J connectivity index is 1.80. The maximum Gasteiger partial charge on any atom is 0.177 e. The molecule has 0 N–H and O–H groups in total. The smallest absolute Gasteiger partial charge is 0.177 e. The number of nitrogens with zero attached hydrogens (tertiary/aromatic N) is 5. The summed E-state index contributed by atoms with van der Waals surface area (Å²) in [5.41, 5.74) is 2.35. The van der Waals surface area contributed by atoms with Gasteiger partial charge in [0.25, 0.3) is 0 Å². The van der Waals surface area contributed by atoms with Gasteiger partial charge in [0, 0.05) is 30.5 Å². The minimum absolute atomic E-state index is 0.528. The summed E-state index contributed by atoms with van der Waals surface area (Å²) in [6.07, 6.45) is 6.07. The van der Waals surface area contributed by atoms with Gasteiger partial charge in [-0.1, -0.05) is 24.3 Å². The van der Waals surface area contributed by atoms with Gasteiger partial charge >= 0.3 is 0 Å². The topological polar surface area (TPSA) is 76.2 Å². The lowest BCUT2D eigenvalue weighted by Crippen LogP contribution is -2.19. The van der Waals surface area contributed by atoms with Crippen molar-refractivity contribution in [3.63, 3.8) is 0 Å². The Hall–Kier alpha value is -3.18. The minimum atomic E-state index is 0.528. The highest BCUT2D eigenvalue weighted by atomic mass is 32.2. The van der Waals surface area contributed by atoms with E-state index >= 15 is 0 Å². The lowest BCUT2D eigenvalue weighted by atomic mass is 10.1. The monoisotopic (exact) mass is 435 g/mol. The second kappa shape index (κ2) is 9.31. The van der Waals surface area contributed by atoms with E-state index < -0.39 is 0 Å². The van der Waals surface area contributed by atoms with Crippen molar-refractivity contribution in [3.8, 4) is 17.6 Å². The number of methoxy groups -OCH3 is 2. The van der Waals surface area contributed by atoms with Gasteiger partial charge in [0.05, 0.1) is 19.9 Å². The lowest BCUT2D eigenvalue weighted by Gasteiger charge is -2.24. The first kappa shape index (κ1) is 21.1. The van der Waals surface area contributed by atoms with Crippen molar-refractivity contribution in [1.29, 1.82) is 5.26 Å². The maximum atomic E-state index is 10.1. The van der Waals surface area contributed by atoms with Gasteiger partial charge in [0.1, 0.15) is 34.0 Å². The molecular weight excluding hydrogens is 410 g/mol. The quantitative estimate of drug-likeness (QED) is 0.490. The summed E-state index contributed by atoms with van der Waals surface area (Å²) in [6.45, 7) is 5.30. The summed E-state index contributed by atoms with van der Waals surface area (Å²) in [5.74, 6) is 3.07. The van der Waals surface area contributed by atoms with Crippen LogP contribution in [-0.2, 0) is 13.0 Å². The molecule has 2 aliphatic heterocycles. The van der Waals surface area contributed by atoms with Crippen molar-refractivity contribution in [2.75, 3.05) is 20.8 Å². The van der Waals surface area contributed by atoms with Crippen LogP contribution in [0.25, 0.3) is 11.3 Å². The summed E-state index contributed by atoms with van der Waals surface area (Å²) in [6, 6.07) is 8.10. The number of fused-ring (bicyclic) bond motifs is 1. The van der Waals surface area contributed by atoms with Crippen molar-refractivity contribution < 1.29 is 9.47 Å². The average molecular weight is 436 g/mol. The van der Waals surface area contributed by atoms with E-state index in [9.17, 15) is 5.26 Å². The van der Waals surface area contributed by atoms with E-state index in [2.05, 4.69) is 32.3 Å². The molecule has 1 aromatic carbocycles. The standard InChI is InChI=1S/C23H25N5O2S/c1-4-11-27-19(17-13-16(29-2)9-10-20(17)30-3)15-31-23(27)18(14-24)22-26-25-21-8-6-5-7-12-28(21)22/h4,9-10,13,15H,1,5-8,11-12H2,2-3H3. The number of nitriles is 1. The Morgan fingerprint density at radius 3 is 2.87 bits per heavy atom. The van der Waals surface area contributed by atoms with Crippen LogP contribution in [0.3, 0.4) is 0 Å². The van der Waals surface area contributed by atoms with Crippen LogP contribution < -0.4 is 9.47 Å². The largest absolute Gasteiger partial charge is 0.497 e. The first-order chi connectivity index (χ1) is 15.2. The highest BCUT2D eigenvalue weighted by molar-refractivity contribution is 8.06.